The number of aromatic nitrogens is 2. The molecule has 0 fully saturated rings. The largest absolute Gasteiger partial charge is 0.386 e. The quantitative estimate of drug-likeness (QED) is 0.571. The number of aliphatic hydroxyl groups is 1. The Bertz CT molecular complexity index is 958. The molecule has 0 bridgehead atoms. The molecule has 0 amide bonds. The average molecular weight is 412 g/mol. The van der Waals surface area contributed by atoms with Gasteiger partial charge in [0.25, 0.3) is 5.56 Å². The zero-order valence-electron chi connectivity index (χ0n) is 16.6. The summed E-state index contributed by atoms with van der Waals surface area (Å²) < 4.78 is 33.5. The van der Waals surface area contributed by atoms with Crippen LogP contribution in [-0.2, 0) is 11.3 Å². The Morgan fingerprint density at radius 1 is 1.31 bits per heavy atom. The van der Waals surface area contributed by atoms with E-state index < -0.39 is 29.0 Å². The van der Waals surface area contributed by atoms with Gasteiger partial charge in [0.2, 0.25) is 0 Å². The maximum absolute atomic E-state index is 14.0. The van der Waals surface area contributed by atoms with Crippen molar-refractivity contribution in [3.63, 3.8) is 0 Å². The third-order valence-electron chi connectivity index (χ3n) is 4.36. The molecule has 0 aliphatic rings. The van der Waals surface area contributed by atoms with E-state index in [4.69, 9.17) is 10.5 Å². The second kappa shape index (κ2) is 9.66. The van der Waals surface area contributed by atoms with E-state index in [1.807, 2.05) is 13.8 Å². The topological polar surface area (TPSA) is 114 Å². The number of methoxy groups -OCH3 is 1. The van der Waals surface area contributed by atoms with Crippen molar-refractivity contribution >= 4 is 11.5 Å². The first kappa shape index (κ1) is 22.6. The van der Waals surface area contributed by atoms with Crippen LogP contribution in [0.1, 0.15) is 25.5 Å². The van der Waals surface area contributed by atoms with E-state index in [2.05, 4.69) is 4.98 Å². The molecule has 0 aliphatic carbocycles. The summed E-state index contributed by atoms with van der Waals surface area (Å²) in [7, 11) is 1.46. The fourth-order valence-electron chi connectivity index (χ4n) is 3.00. The number of nitrogen functional groups attached to an aromatic ring is 1. The molecule has 0 radical (unpaired) electrons. The maximum Gasteiger partial charge on any atom is 0.330 e. The minimum absolute atomic E-state index is 0.0242. The molecule has 1 atom stereocenters. The van der Waals surface area contributed by atoms with Gasteiger partial charge in [-0.2, -0.15) is 0 Å². The summed E-state index contributed by atoms with van der Waals surface area (Å²) in [5.74, 6) is -1.65. The number of rotatable bonds is 9. The van der Waals surface area contributed by atoms with Gasteiger partial charge in [0.15, 0.2) is 0 Å². The fraction of sp³-hybridized carbons (Fsp3) is 0.474. The number of nitrogens with zero attached hydrogens (tertiary/aromatic N) is 2. The predicted molar refractivity (Wildman–Crippen MR) is 106 cm³/mol. The fourth-order valence-corrected chi connectivity index (χ4v) is 3.00. The van der Waals surface area contributed by atoms with Gasteiger partial charge in [-0.25, -0.2) is 13.6 Å². The molecule has 0 spiro atoms. The van der Waals surface area contributed by atoms with Crippen LogP contribution in [0.25, 0.3) is 0 Å². The average Bonchev–Trinajstić information content (AvgIpc) is 2.62. The highest BCUT2D eigenvalue weighted by atomic mass is 19.1. The third-order valence-corrected chi connectivity index (χ3v) is 4.36. The van der Waals surface area contributed by atoms with E-state index in [1.54, 1.807) is 0 Å². The molecule has 2 aromatic rings. The Balaban J connectivity index is 2.47. The second-order valence-corrected chi connectivity index (χ2v) is 7.12. The van der Waals surface area contributed by atoms with Gasteiger partial charge in [0.1, 0.15) is 23.1 Å². The number of H-pyrrole nitrogens is 1. The summed E-state index contributed by atoms with van der Waals surface area (Å²) in [4.78, 5) is 28.3. The van der Waals surface area contributed by atoms with Gasteiger partial charge in [0, 0.05) is 38.4 Å². The molecule has 4 N–H and O–H groups in total. The summed E-state index contributed by atoms with van der Waals surface area (Å²) in [6.07, 6.45) is -1.38. The summed E-state index contributed by atoms with van der Waals surface area (Å²) in [6, 6.07) is 2.84. The second-order valence-electron chi connectivity index (χ2n) is 7.12. The summed E-state index contributed by atoms with van der Waals surface area (Å²) in [6.45, 7) is 4.16. The predicted octanol–water partition coefficient (Wildman–Crippen LogP) is 1.24. The van der Waals surface area contributed by atoms with Crippen LogP contribution in [0.2, 0.25) is 0 Å². The first-order valence-electron chi connectivity index (χ1n) is 9.15. The molecule has 1 aromatic carbocycles. The van der Waals surface area contributed by atoms with Crippen molar-refractivity contribution in [2.24, 2.45) is 5.92 Å². The highest BCUT2D eigenvalue weighted by Crippen LogP contribution is 2.23. The molecule has 1 aromatic heterocycles. The van der Waals surface area contributed by atoms with E-state index >= 15 is 0 Å². The maximum atomic E-state index is 14.0. The Labute approximate surface area is 166 Å². The van der Waals surface area contributed by atoms with Crippen molar-refractivity contribution in [2.75, 3.05) is 37.4 Å². The molecule has 1 heterocycles. The molecule has 1 unspecified atom stereocenters. The molecule has 29 heavy (non-hydrogen) atoms. The number of anilines is 2. The van der Waals surface area contributed by atoms with E-state index in [-0.39, 0.29) is 49.2 Å². The number of nitrogens with two attached hydrogens (primary N) is 1. The number of aliphatic hydroxyl groups excluding tert-OH is 1. The minimum atomic E-state index is -1.38. The first-order valence-corrected chi connectivity index (χ1v) is 9.15. The van der Waals surface area contributed by atoms with E-state index in [1.165, 1.54) is 16.6 Å². The summed E-state index contributed by atoms with van der Waals surface area (Å²) >= 11 is 0. The Kier molecular flexibility index (Phi) is 7.52. The van der Waals surface area contributed by atoms with Crippen LogP contribution < -0.4 is 21.9 Å². The highest BCUT2D eigenvalue weighted by molar-refractivity contribution is 5.62. The molecular formula is C19H26F2N4O4. The lowest BCUT2D eigenvalue weighted by Crippen LogP contribution is -2.41. The van der Waals surface area contributed by atoms with E-state index in [9.17, 15) is 23.5 Å². The van der Waals surface area contributed by atoms with Gasteiger partial charge >= 0.3 is 5.69 Å². The number of hydrogen-bond donors (Lipinski definition) is 3. The van der Waals surface area contributed by atoms with Crippen LogP contribution in [0, 0.1) is 17.6 Å². The van der Waals surface area contributed by atoms with E-state index in [0.717, 1.165) is 12.1 Å². The number of halogens is 2. The molecular weight excluding hydrogens is 386 g/mol. The lowest BCUT2D eigenvalue weighted by atomic mass is 10.1. The van der Waals surface area contributed by atoms with Gasteiger partial charge in [-0.15, -0.1) is 0 Å². The number of benzene rings is 1. The lowest BCUT2D eigenvalue weighted by Gasteiger charge is -2.28. The third kappa shape index (κ3) is 5.42. The van der Waals surface area contributed by atoms with Crippen LogP contribution in [0.5, 0.6) is 0 Å². The summed E-state index contributed by atoms with van der Waals surface area (Å²) in [5.41, 5.74) is 4.61. The van der Waals surface area contributed by atoms with Crippen molar-refractivity contribution in [1.29, 1.82) is 0 Å². The summed E-state index contributed by atoms with van der Waals surface area (Å²) in [5, 5.41) is 10.5. The number of aromatic amines is 1. The normalized spacial score (nSPS) is 12.4. The zero-order chi connectivity index (χ0) is 21.7. The molecule has 2 rings (SSSR count). The van der Waals surface area contributed by atoms with Gasteiger partial charge < -0.3 is 20.5 Å². The van der Waals surface area contributed by atoms with Crippen LogP contribution in [0.3, 0.4) is 0 Å². The highest BCUT2D eigenvalue weighted by Gasteiger charge is 2.23. The Hall–Kier alpha value is -2.72. The van der Waals surface area contributed by atoms with Gasteiger partial charge in [0.05, 0.1) is 12.7 Å². The van der Waals surface area contributed by atoms with Gasteiger partial charge in [-0.1, -0.05) is 19.9 Å². The molecule has 0 saturated heterocycles. The van der Waals surface area contributed by atoms with Crippen molar-refractivity contribution in [3.05, 3.63) is 56.2 Å². The molecule has 160 valence electrons. The lowest BCUT2D eigenvalue weighted by molar-refractivity contribution is 0.169. The first-order chi connectivity index (χ1) is 13.6. The van der Waals surface area contributed by atoms with Crippen molar-refractivity contribution < 1.29 is 18.6 Å². The number of ether oxygens (including phenoxy) is 1. The monoisotopic (exact) mass is 412 g/mol. The number of hydrogen-bond acceptors (Lipinski definition) is 6. The smallest absolute Gasteiger partial charge is 0.330 e. The van der Waals surface area contributed by atoms with E-state index in [0.29, 0.717) is 6.07 Å². The minimum Gasteiger partial charge on any atom is -0.386 e. The van der Waals surface area contributed by atoms with Crippen LogP contribution >= 0.6 is 0 Å². The Morgan fingerprint density at radius 3 is 2.59 bits per heavy atom. The van der Waals surface area contributed by atoms with Crippen LogP contribution in [-0.4, -0.2) is 41.5 Å². The van der Waals surface area contributed by atoms with Crippen LogP contribution in [0.15, 0.2) is 27.8 Å². The molecule has 0 saturated carbocycles. The Morgan fingerprint density at radius 2 is 2.00 bits per heavy atom. The zero-order valence-corrected chi connectivity index (χ0v) is 16.6. The van der Waals surface area contributed by atoms with Gasteiger partial charge in [-0.05, 0) is 12.0 Å². The molecule has 8 nitrogen and oxygen atoms in total. The van der Waals surface area contributed by atoms with Gasteiger partial charge in [-0.3, -0.25) is 14.3 Å². The van der Waals surface area contributed by atoms with Crippen LogP contribution in [0.4, 0.5) is 20.3 Å². The number of nitrogens with one attached hydrogen (secondary N) is 1. The SMILES string of the molecule is COCCN(CC(O)c1ccc(F)cc1F)c1c(N)n(CC(C)C)c(=O)[nH]c1=O. The van der Waals surface area contributed by atoms with Crippen molar-refractivity contribution in [3.8, 4) is 0 Å². The van der Waals surface area contributed by atoms with Crippen molar-refractivity contribution in [2.45, 2.75) is 26.5 Å². The van der Waals surface area contributed by atoms with Crippen molar-refractivity contribution in [1.82, 2.24) is 9.55 Å². The molecule has 10 heteroatoms. The molecule has 0 aliphatic heterocycles. The standard InChI is InChI=1S/C19H26F2N4O4/c1-11(2)9-25-17(22)16(18(27)23-19(25)28)24(6-7-29-3)10-15(26)13-5-4-12(20)8-14(13)21/h4-5,8,11,15,26H,6-7,9-10,22H2,1-3H3,(H,23,27,28).